The Kier molecular flexibility index (Phi) is 6.95. The second-order valence-corrected chi connectivity index (χ2v) is 10.2. The molecule has 0 unspecified atom stereocenters. The number of nitrogens with zero attached hydrogens (tertiary/aromatic N) is 2. The topological polar surface area (TPSA) is 42.4 Å². The van der Waals surface area contributed by atoms with Crippen LogP contribution in [0.1, 0.15) is 41.9 Å². The monoisotopic (exact) mass is 490 g/mol. The maximum Gasteiger partial charge on any atom is 0.229 e. The first-order valence-corrected chi connectivity index (χ1v) is 12.9. The second kappa shape index (κ2) is 10.3. The van der Waals surface area contributed by atoms with E-state index in [1.54, 1.807) is 0 Å². The van der Waals surface area contributed by atoms with Crippen molar-refractivity contribution in [1.29, 1.82) is 0 Å². The molecule has 0 saturated carbocycles. The van der Waals surface area contributed by atoms with Crippen LogP contribution in [0.2, 0.25) is 5.02 Å². The summed E-state index contributed by atoms with van der Waals surface area (Å²) in [5, 5.41) is 1.39. The van der Waals surface area contributed by atoms with Gasteiger partial charge < -0.3 is 4.74 Å². The lowest BCUT2D eigenvalue weighted by atomic mass is 9.88. The first kappa shape index (κ1) is 23.0. The summed E-state index contributed by atoms with van der Waals surface area (Å²) in [5.41, 5.74) is 4.18. The van der Waals surface area contributed by atoms with E-state index in [0.29, 0.717) is 23.1 Å². The summed E-state index contributed by atoms with van der Waals surface area (Å²) in [4.78, 5) is 20.6. The summed E-state index contributed by atoms with van der Waals surface area (Å²) in [7, 11) is 0. The number of rotatable bonds is 7. The Morgan fingerprint density at radius 1 is 1.12 bits per heavy atom. The molecule has 174 valence electrons. The lowest BCUT2D eigenvalue weighted by molar-refractivity contribution is -0.119. The smallest absolute Gasteiger partial charge is 0.229 e. The molecule has 0 radical (unpaired) electrons. The summed E-state index contributed by atoms with van der Waals surface area (Å²) >= 11 is 7.81. The van der Waals surface area contributed by atoms with Crippen LogP contribution in [0.25, 0.3) is 10.2 Å². The standard InChI is InChI=1S/C28H27ClN2O2S/c1-19-15-22(29)16-25-27(19)30-28(34-25)31(18-23-13-8-14-33-23)26(32)17-24(20-9-4-2-5-10-20)21-11-6-3-7-12-21/h2-7,9-12,15-16,23-24H,8,13-14,17-18H2,1H3/t23-/m1/s1. The van der Waals surface area contributed by atoms with Crippen LogP contribution in [0.3, 0.4) is 0 Å². The minimum Gasteiger partial charge on any atom is -0.376 e. The second-order valence-electron chi connectivity index (χ2n) is 8.78. The molecule has 0 bridgehead atoms. The number of ether oxygens (including phenoxy) is 1. The van der Waals surface area contributed by atoms with E-state index >= 15 is 0 Å². The third kappa shape index (κ3) is 5.02. The number of amides is 1. The van der Waals surface area contributed by atoms with Crippen LogP contribution >= 0.6 is 22.9 Å². The van der Waals surface area contributed by atoms with Gasteiger partial charge in [-0.1, -0.05) is 83.6 Å². The van der Waals surface area contributed by atoms with E-state index in [1.165, 1.54) is 11.3 Å². The van der Waals surface area contributed by atoms with Gasteiger partial charge in [-0.05, 0) is 48.6 Å². The van der Waals surface area contributed by atoms with Crippen molar-refractivity contribution in [3.05, 3.63) is 94.5 Å². The number of hydrogen-bond donors (Lipinski definition) is 0. The van der Waals surface area contributed by atoms with Crippen molar-refractivity contribution in [1.82, 2.24) is 4.98 Å². The highest BCUT2D eigenvalue weighted by atomic mass is 35.5. The zero-order valence-electron chi connectivity index (χ0n) is 19.1. The molecule has 0 aliphatic carbocycles. The van der Waals surface area contributed by atoms with Gasteiger partial charge in [0.2, 0.25) is 5.91 Å². The number of aromatic nitrogens is 1. The molecule has 0 spiro atoms. The van der Waals surface area contributed by atoms with E-state index in [9.17, 15) is 4.79 Å². The van der Waals surface area contributed by atoms with Gasteiger partial charge in [0.25, 0.3) is 0 Å². The van der Waals surface area contributed by atoms with Crippen LogP contribution in [0.5, 0.6) is 0 Å². The van der Waals surface area contributed by atoms with Crippen LogP contribution in [0.4, 0.5) is 5.13 Å². The first-order valence-electron chi connectivity index (χ1n) is 11.7. The maximum atomic E-state index is 13.9. The third-order valence-electron chi connectivity index (χ3n) is 6.36. The zero-order chi connectivity index (χ0) is 23.5. The minimum atomic E-state index is -0.0348. The summed E-state index contributed by atoms with van der Waals surface area (Å²) in [6.45, 7) is 3.27. The van der Waals surface area contributed by atoms with Crippen LogP contribution in [-0.2, 0) is 9.53 Å². The Morgan fingerprint density at radius 2 is 1.79 bits per heavy atom. The molecule has 4 nitrogen and oxygen atoms in total. The van der Waals surface area contributed by atoms with Crippen molar-refractivity contribution < 1.29 is 9.53 Å². The molecule has 1 amide bonds. The van der Waals surface area contributed by atoms with Gasteiger partial charge in [0.15, 0.2) is 5.13 Å². The molecule has 6 heteroatoms. The maximum absolute atomic E-state index is 13.9. The molecule has 5 rings (SSSR count). The molecule has 3 aromatic carbocycles. The van der Waals surface area contributed by atoms with Gasteiger partial charge in [-0.15, -0.1) is 0 Å². The minimum absolute atomic E-state index is 0.0348. The largest absolute Gasteiger partial charge is 0.376 e. The number of carbonyl (C=O) groups excluding carboxylic acids is 1. The quantitative estimate of drug-likeness (QED) is 0.280. The fraction of sp³-hybridized carbons (Fsp3) is 0.286. The lowest BCUT2D eigenvalue weighted by Crippen LogP contribution is -2.38. The van der Waals surface area contributed by atoms with E-state index in [0.717, 1.165) is 46.4 Å². The lowest BCUT2D eigenvalue weighted by Gasteiger charge is -2.26. The number of benzene rings is 3. The highest BCUT2D eigenvalue weighted by molar-refractivity contribution is 7.22. The molecule has 0 N–H and O–H groups in total. The summed E-state index contributed by atoms with van der Waals surface area (Å²) in [6.07, 6.45) is 2.38. The molecule has 2 heterocycles. The number of aryl methyl sites for hydroxylation is 1. The number of halogens is 1. The van der Waals surface area contributed by atoms with E-state index in [2.05, 4.69) is 24.3 Å². The summed E-state index contributed by atoms with van der Waals surface area (Å²) < 4.78 is 6.90. The molecule has 4 aromatic rings. The Labute approximate surface area is 209 Å². The first-order chi connectivity index (χ1) is 16.6. The molecule has 1 fully saturated rings. The van der Waals surface area contributed by atoms with E-state index in [4.69, 9.17) is 21.3 Å². The number of thiazole rings is 1. The van der Waals surface area contributed by atoms with Gasteiger partial charge in [0.05, 0.1) is 22.9 Å². The highest BCUT2D eigenvalue weighted by Crippen LogP contribution is 2.35. The average Bonchev–Trinajstić information content (AvgIpc) is 3.52. The Hall–Kier alpha value is -2.73. The average molecular weight is 491 g/mol. The van der Waals surface area contributed by atoms with Crippen molar-refractivity contribution in [3.8, 4) is 0 Å². The molecule has 1 aliphatic rings. The Morgan fingerprint density at radius 3 is 2.41 bits per heavy atom. The van der Waals surface area contributed by atoms with E-state index < -0.39 is 0 Å². The van der Waals surface area contributed by atoms with E-state index in [-0.39, 0.29) is 17.9 Å². The van der Waals surface area contributed by atoms with E-state index in [1.807, 2.05) is 60.4 Å². The van der Waals surface area contributed by atoms with Crippen molar-refractivity contribution in [3.63, 3.8) is 0 Å². The number of fused-ring (bicyclic) bond motifs is 1. The van der Waals surface area contributed by atoms with Gasteiger partial charge in [-0.3, -0.25) is 9.69 Å². The normalized spacial score (nSPS) is 15.8. The van der Waals surface area contributed by atoms with Crippen molar-refractivity contribution in [2.45, 2.75) is 38.2 Å². The van der Waals surface area contributed by atoms with Gasteiger partial charge in [0.1, 0.15) is 0 Å². The van der Waals surface area contributed by atoms with Crippen LogP contribution in [0, 0.1) is 6.92 Å². The Balaban J connectivity index is 1.50. The number of carbonyl (C=O) groups is 1. The van der Waals surface area contributed by atoms with Crippen molar-refractivity contribution in [2.24, 2.45) is 0 Å². The summed E-state index contributed by atoms with van der Waals surface area (Å²) in [5.74, 6) is 0.0171. The SMILES string of the molecule is Cc1cc(Cl)cc2sc(N(C[C@H]3CCCO3)C(=O)CC(c3ccccc3)c3ccccc3)nc12. The number of hydrogen-bond acceptors (Lipinski definition) is 4. The van der Waals surface area contributed by atoms with Crippen LogP contribution in [0.15, 0.2) is 72.8 Å². The van der Waals surface area contributed by atoms with Gasteiger partial charge in [-0.25, -0.2) is 4.98 Å². The van der Waals surface area contributed by atoms with Crippen molar-refractivity contribution in [2.75, 3.05) is 18.1 Å². The van der Waals surface area contributed by atoms with Crippen LogP contribution in [-0.4, -0.2) is 30.1 Å². The fourth-order valence-corrected chi connectivity index (χ4v) is 6.07. The fourth-order valence-electron chi connectivity index (χ4n) is 4.62. The molecule has 1 aromatic heterocycles. The predicted octanol–water partition coefficient (Wildman–Crippen LogP) is 6.99. The van der Waals surface area contributed by atoms with Crippen molar-refractivity contribution >= 4 is 44.2 Å². The van der Waals surface area contributed by atoms with Gasteiger partial charge in [0, 0.05) is 24.0 Å². The molecular formula is C28H27ClN2O2S. The molecule has 1 atom stereocenters. The third-order valence-corrected chi connectivity index (χ3v) is 7.61. The Bertz CT molecular complexity index is 1230. The number of anilines is 1. The predicted molar refractivity (Wildman–Crippen MR) is 140 cm³/mol. The van der Waals surface area contributed by atoms with Gasteiger partial charge >= 0.3 is 0 Å². The van der Waals surface area contributed by atoms with Crippen LogP contribution < -0.4 is 4.90 Å². The molecule has 34 heavy (non-hydrogen) atoms. The summed E-state index contributed by atoms with van der Waals surface area (Å²) in [6, 6.07) is 24.3. The molecule has 1 saturated heterocycles. The molecular weight excluding hydrogens is 464 g/mol. The highest BCUT2D eigenvalue weighted by Gasteiger charge is 2.29. The van der Waals surface area contributed by atoms with Gasteiger partial charge in [-0.2, -0.15) is 0 Å². The molecule has 1 aliphatic heterocycles. The zero-order valence-corrected chi connectivity index (χ0v) is 20.7.